The largest absolute Gasteiger partial charge is 0.471 e. The van der Waals surface area contributed by atoms with E-state index in [9.17, 15) is 36.4 Å². The van der Waals surface area contributed by atoms with Crippen molar-refractivity contribution in [1.82, 2.24) is 30.2 Å². The molecular weight excluding hydrogens is 798 g/mol. The number of ether oxygens (including phenoxy) is 2. The molecule has 5 aliphatic rings. The van der Waals surface area contributed by atoms with E-state index in [1.165, 1.54) is 4.90 Å². The van der Waals surface area contributed by atoms with E-state index in [1.54, 1.807) is 45.9 Å². The Balaban J connectivity index is 1.26. The molecule has 2 aromatic rings. The van der Waals surface area contributed by atoms with E-state index in [0.29, 0.717) is 53.4 Å². The van der Waals surface area contributed by atoms with Crippen molar-refractivity contribution in [3.8, 4) is 5.88 Å². The Morgan fingerprint density at radius 3 is 2.41 bits per heavy atom. The Morgan fingerprint density at radius 2 is 1.74 bits per heavy atom. The van der Waals surface area contributed by atoms with Crippen LogP contribution in [-0.2, 0) is 35.6 Å². The lowest BCUT2D eigenvalue weighted by atomic mass is 9.85. The van der Waals surface area contributed by atoms with Crippen LogP contribution in [-0.4, -0.2) is 95.2 Å². The smallest absolute Gasteiger partial charge is 0.408 e. The molecule has 18 heteroatoms. The topological polar surface area (TPSA) is 186 Å². The third-order valence-electron chi connectivity index (χ3n) is 12.7. The van der Waals surface area contributed by atoms with Crippen molar-refractivity contribution in [2.24, 2.45) is 29.1 Å². The van der Waals surface area contributed by atoms with Gasteiger partial charge in [0.15, 0.2) is 0 Å². The highest BCUT2D eigenvalue weighted by atomic mass is 35.5. The summed E-state index contributed by atoms with van der Waals surface area (Å²) in [5, 5.41) is 4.89. The lowest BCUT2D eigenvalue weighted by Gasteiger charge is -2.36. The van der Waals surface area contributed by atoms with Crippen LogP contribution in [0.15, 0.2) is 18.2 Å². The molecule has 2 bridgehead atoms. The van der Waals surface area contributed by atoms with Crippen LogP contribution in [0.3, 0.4) is 0 Å². The van der Waals surface area contributed by atoms with Crippen molar-refractivity contribution < 1.29 is 45.9 Å². The fraction of sp³-hybridized carbons (Fsp3) is 0.700. The lowest BCUT2D eigenvalue weighted by Crippen LogP contribution is -2.61. The van der Waals surface area contributed by atoms with Gasteiger partial charge in [0, 0.05) is 10.9 Å². The minimum atomic E-state index is -4.15. The van der Waals surface area contributed by atoms with Gasteiger partial charge in [-0.05, 0) is 86.8 Å². The van der Waals surface area contributed by atoms with Crippen LogP contribution in [0.2, 0.25) is 5.02 Å². The molecule has 0 spiro atoms. The molecule has 14 nitrogen and oxygen atoms in total. The summed E-state index contributed by atoms with van der Waals surface area (Å²) < 4.78 is 68.6. The molecule has 0 radical (unpaired) electrons. The monoisotopic (exact) mass is 850 g/mol. The number of sulfonamides is 1. The van der Waals surface area contributed by atoms with Crippen LogP contribution in [0, 0.1) is 29.1 Å². The van der Waals surface area contributed by atoms with Crippen LogP contribution >= 0.6 is 11.6 Å². The predicted molar refractivity (Wildman–Crippen MR) is 209 cm³/mol. The maximum atomic E-state index is 14.8. The normalized spacial score (nSPS) is 32.3. The molecular formula is C40H53ClF2N6O8S. The van der Waals surface area contributed by atoms with Gasteiger partial charge in [0.1, 0.15) is 35.5 Å². The molecule has 1 saturated heterocycles. The Kier molecular flexibility index (Phi) is 11.6. The molecule has 9 atom stereocenters. The van der Waals surface area contributed by atoms with Crippen LogP contribution in [0.4, 0.5) is 13.6 Å². The minimum absolute atomic E-state index is 0.133. The van der Waals surface area contributed by atoms with Gasteiger partial charge in [-0.15, -0.1) is 0 Å². The molecule has 4 fully saturated rings. The number of alkyl carbamates (subject to hydrolysis) is 1. The first-order chi connectivity index (χ1) is 27.3. The van der Waals surface area contributed by atoms with Gasteiger partial charge in [-0.25, -0.2) is 32.0 Å². The maximum Gasteiger partial charge on any atom is 0.408 e. The third-order valence-corrected chi connectivity index (χ3v) is 14.8. The minimum Gasteiger partial charge on any atom is -0.471 e. The van der Waals surface area contributed by atoms with E-state index >= 15 is 0 Å². The zero-order valence-electron chi connectivity index (χ0n) is 33.4. The fourth-order valence-electron chi connectivity index (χ4n) is 8.98. The molecule has 1 aromatic heterocycles. The van der Waals surface area contributed by atoms with Crippen molar-refractivity contribution in [3.05, 3.63) is 28.9 Å². The Morgan fingerprint density at radius 1 is 1.00 bits per heavy atom. The van der Waals surface area contributed by atoms with Crippen LogP contribution in [0.5, 0.6) is 5.88 Å². The lowest BCUT2D eigenvalue weighted by molar-refractivity contribution is -0.143. The quantitative estimate of drug-likeness (QED) is 0.345. The first-order valence-electron chi connectivity index (χ1n) is 20.4. The van der Waals surface area contributed by atoms with E-state index in [-0.39, 0.29) is 24.4 Å². The summed E-state index contributed by atoms with van der Waals surface area (Å²) >= 11 is 6.32. The van der Waals surface area contributed by atoms with Crippen LogP contribution < -0.4 is 20.1 Å². The van der Waals surface area contributed by atoms with Gasteiger partial charge in [0.2, 0.25) is 34.1 Å². The molecule has 9 unspecified atom stereocenters. The summed E-state index contributed by atoms with van der Waals surface area (Å²) in [7, 11) is -4.15. The van der Waals surface area contributed by atoms with Gasteiger partial charge in [0.05, 0.1) is 28.7 Å². The van der Waals surface area contributed by atoms with Crippen molar-refractivity contribution in [1.29, 1.82) is 0 Å². The van der Waals surface area contributed by atoms with E-state index in [1.807, 2.05) is 4.72 Å². The van der Waals surface area contributed by atoms with Crippen molar-refractivity contribution in [3.63, 3.8) is 0 Å². The van der Waals surface area contributed by atoms with Crippen LogP contribution in [0.25, 0.3) is 11.0 Å². The number of fused-ring (bicyclic) bond motifs is 5. The molecule has 3 saturated carbocycles. The van der Waals surface area contributed by atoms with E-state index in [4.69, 9.17) is 31.0 Å². The second kappa shape index (κ2) is 16.0. The average molecular weight is 851 g/mol. The number of aromatic nitrogens is 2. The first-order valence-corrected chi connectivity index (χ1v) is 22.3. The molecule has 4 amide bonds. The van der Waals surface area contributed by atoms with Gasteiger partial charge in [0.25, 0.3) is 5.91 Å². The number of carbonyl (C=O) groups is 4. The highest BCUT2D eigenvalue weighted by molar-refractivity contribution is 7.91. The SMILES string of the molecule is CC1CCC2OC(=O)NC(C(C)(C)C)C(=O)N3CC(Oc4nc5cc(Cl)ccc5nc4CCCCCC12)C(C)C3C(=O)NC1(C(=O)NS(=O)(=O)C2CC2)CC1C(F)F. The number of aryl methyl sites for hydroxylation is 1. The highest BCUT2D eigenvalue weighted by Crippen LogP contribution is 2.49. The van der Waals surface area contributed by atoms with E-state index in [0.717, 1.165) is 32.1 Å². The number of nitrogens with one attached hydrogen (secondary N) is 3. The van der Waals surface area contributed by atoms with E-state index < -0.39 is 92.9 Å². The van der Waals surface area contributed by atoms with Crippen molar-refractivity contribution in [2.45, 2.75) is 140 Å². The van der Waals surface area contributed by atoms with Crippen LogP contribution in [0.1, 0.15) is 98.1 Å². The molecule has 1 aromatic carbocycles. The number of hydrogen-bond acceptors (Lipinski definition) is 10. The van der Waals surface area contributed by atoms with E-state index in [2.05, 4.69) is 17.6 Å². The number of carbonyl (C=O) groups excluding carboxylic acids is 4. The van der Waals surface area contributed by atoms with Gasteiger partial charge < -0.3 is 25.0 Å². The average Bonchev–Trinajstić information content (AvgIpc) is 4.06. The van der Waals surface area contributed by atoms with Gasteiger partial charge in [-0.1, -0.05) is 59.1 Å². The Hall–Kier alpha value is -3.86. The molecule has 3 heterocycles. The number of amides is 4. The van der Waals surface area contributed by atoms with Gasteiger partial charge >= 0.3 is 6.09 Å². The summed E-state index contributed by atoms with van der Waals surface area (Å²) in [6.45, 7) is 8.89. The summed E-state index contributed by atoms with van der Waals surface area (Å²) in [5.74, 6) is -4.69. The highest BCUT2D eigenvalue weighted by Gasteiger charge is 2.67. The summed E-state index contributed by atoms with van der Waals surface area (Å²) in [6, 6.07) is 2.52. The number of hydrogen-bond donors (Lipinski definition) is 3. The summed E-state index contributed by atoms with van der Waals surface area (Å²) in [6.07, 6.45) is 0.560. The third kappa shape index (κ3) is 8.57. The Bertz CT molecular complexity index is 2070. The zero-order valence-corrected chi connectivity index (χ0v) is 35.0. The molecule has 7 rings (SSSR count). The first kappa shape index (κ1) is 42.3. The van der Waals surface area contributed by atoms with Gasteiger partial charge in [-0.3, -0.25) is 19.1 Å². The predicted octanol–water partition coefficient (Wildman–Crippen LogP) is 5.30. The summed E-state index contributed by atoms with van der Waals surface area (Å²) in [5.41, 5.74) is -1.48. The molecule has 3 aliphatic carbocycles. The summed E-state index contributed by atoms with van der Waals surface area (Å²) in [4.78, 5) is 67.5. The maximum absolute atomic E-state index is 14.8. The fourth-order valence-corrected chi connectivity index (χ4v) is 10.5. The number of benzene rings is 1. The Labute approximate surface area is 342 Å². The van der Waals surface area contributed by atoms with Crippen molar-refractivity contribution in [2.75, 3.05) is 6.54 Å². The number of rotatable bonds is 6. The molecule has 318 valence electrons. The second-order valence-corrected chi connectivity index (χ2v) is 20.4. The number of nitrogens with zero attached hydrogens (tertiary/aromatic N) is 3. The molecule has 2 aliphatic heterocycles. The second-order valence-electron chi connectivity index (χ2n) is 18.0. The standard InChI is InChI=1S/C40H53ClF2N6O8S/c1-20-11-16-29-24(20)9-7-6-8-10-27-35(45-28-17-22(41)12-15-26(28)44-27)56-30-19-49(36(51)32(39(3,4)5)46-38(53)57-29)31(21(30)2)34(50)47-40(18-25(40)33(42)43)37(52)48-58(54,55)23-13-14-23/h12,15,17,20-21,23-25,29-33H,6-11,13-14,16,18-19H2,1-5H3,(H,46,53)(H,47,50)(H,48,52). The van der Waals surface area contributed by atoms with Gasteiger partial charge in [-0.2, -0.15) is 0 Å². The number of alkyl halides is 2. The number of halogens is 3. The zero-order chi connectivity index (χ0) is 41.9. The van der Waals surface area contributed by atoms with Crippen molar-refractivity contribution >= 4 is 56.5 Å². The molecule has 58 heavy (non-hydrogen) atoms. The molecule has 3 N–H and O–H groups in total.